The number of hydrogen-bond donors (Lipinski definition) is 1. The first kappa shape index (κ1) is 31.8. The second-order valence-electron chi connectivity index (χ2n) is 12.3. The molecule has 0 spiro atoms. The van der Waals surface area contributed by atoms with Gasteiger partial charge >= 0.3 is 5.97 Å². The smallest absolute Gasteiger partial charge is 0.303 e. The van der Waals surface area contributed by atoms with Crippen LogP contribution in [-0.4, -0.2) is 61.7 Å². The number of esters is 1. The fourth-order valence-electron chi connectivity index (χ4n) is 6.13. The number of carbonyl (C=O) groups excluding carboxylic acids is 1. The minimum absolute atomic E-state index is 0.180. The second-order valence-corrected chi connectivity index (χ2v) is 16.6. The predicted molar refractivity (Wildman–Crippen MR) is 181 cm³/mol. The highest BCUT2D eigenvalue weighted by molar-refractivity contribution is 6.99. The molecule has 2 atom stereocenters. The van der Waals surface area contributed by atoms with E-state index in [0.29, 0.717) is 41.6 Å². The van der Waals surface area contributed by atoms with Gasteiger partial charge in [-0.1, -0.05) is 98.4 Å². The molecule has 6 aromatic rings. The second kappa shape index (κ2) is 13.3. The highest BCUT2D eigenvalue weighted by atomic mass is 28.4. The van der Waals surface area contributed by atoms with Crippen molar-refractivity contribution in [2.75, 3.05) is 12.3 Å². The van der Waals surface area contributed by atoms with Gasteiger partial charge in [0.05, 0.1) is 0 Å². The van der Waals surface area contributed by atoms with Gasteiger partial charge in [-0.2, -0.15) is 0 Å². The first-order valence-corrected chi connectivity index (χ1v) is 17.4. The van der Waals surface area contributed by atoms with E-state index in [0.717, 1.165) is 0 Å². The number of nitrogens with two attached hydrogens (primary N) is 1. The Morgan fingerprint density at radius 3 is 2.23 bits per heavy atom. The van der Waals surface area contributed by atoms with E-state index in [9.17, 15) is 4.79 Å². The van der Waals surface area contributed by atoms with Gasteiger partial charge in [0, 0.05) is 13.5 Å². The molecule has 0 radical (unpaired) electrons. The van der Waals surface area contributed by atoms with Gasteiger partial charge in [-0.15, -0.1) is 5.10 Å². The largest absolute Gasteiger partial charge is 0.456 e. The summed E-state index contributed by atoms with van der Waals surface area (Å²) in [6.45, 7) is 8.52. The van der Waals surface area contributed by atoms with E-state index in [1.807, 2.05) is 36.4 Å². The van der Waals surface area contributed by atoms with Crippen LogP contribution in [0.5, 0.6) is 0 Å². The molecule has 0 unspecified atom stereocenters. The Kier molecular flexibility index (Phi) is 9.01. The van der Waals surface area contributed by atoms with E-state index in [1.54, 1.807) is 10.9 Å². The molecule has 13 heteroatoms. The molecule has 0 aliphatic carbocycles. The number of fused-ring (bicyclic) bond motifs is 2. The molecular weight excluding hydrogens is 613 g/mol. The number of carbonyl (C=O) groups is 1. The Labute approximate surface area is 273 Å². The number of anilines is 1. The topological polar surface area (TPSA) is 145 Å². The van der Waals surface area contributed by atoms with Crippen LogP contribution in [0.15, 0.2) is 97.6 Å². The molecule has 47 heavy (non-hydrogen) atoms. The fraction of sp³-hybridized carbons (Fsp3) is 0.294. The normalized spacial score (nSPS) is 13.4. The maximum Gasteiger partial charge on any atom is 0.303 e. The molecule has 0 saturated carbocycles. The lowest BCUT2D eigenvalue weighted by atomic mass is 10.1. The highest BCUT2D eigenvalue weighted by Crippen LogP contribution is 2.37. The predicted octanol–water partition coefficient (Wildman–Crippen LogP) is 4.07. The number of imidazole rings is 1. The van der Waals surface area contributed by atoms with Crippen molar-refractivity contribution in [1.82, 2.24) is 34.7 Å². The molecule has 3 aromatic carbocycles. The van der Waals surface area contributed by atoms with Crippen LogP contribution in [0.3, 0.4) is 0 Å². The molecule has 0 aliphatic heterocycles. The molecule has 0 aliphatic rings. The third kappa shape index (κ3) is 6.31. The molecule has 0 bridgehead atoms. The summed E-state index contributed by atoms with van der Waals surface area (Å²) in [6, 6.07) is 28.4. The zero-order chi connectivity index (χ0) is 33.0. The van der Waals surface area contributed by atoms with Crippen molar-refractivity contribution in [1.29, 1.82) is 0 Å². The van der Waals surface area contributed by atoms with Crippen molar-refractivity contribution in [2.45, 2.75) is 57.9 Å². The Hall–Kier alpha value is -5.14. The van der Waals surface area contributed by atoms with Crippen LogP contribution in [-0.2, 0) is 14.0 Å². The summed E-state index contributed by atoms with van der Waals surface area (Å²) in [5, 5.41) is 10.7. The Bertz CT molecular complexity index is 1920. The minimum atomic E-state index is -2.77. The highest BCUT2D eigenvalue weighted by Gasteiger charge is 2.50. The zero-order valence-electron chi connectivity index (χ0n) is 26.9. The summed E-state index contributed by atoms with van der Waals surface area (Å²) >= 11 is 0. The van der Waals surface area contributed by atoms with Gasteiger partial charge in [0.2, 0.25) is 6.23 Å². The fourth-order valence-corrected chi connectivity index (χ4v) is 10.7. The summed E-state index contributed by atoms with van der Waals surface area (Å²) in [6.07, 6.45) is 2.15. The van der Waals surface area contributed by atoms with Crippen LogP contribution in [0.2, 0.25) is 5.04 Å². The quantitative estimate of drug-likeness (QED) is 0.117. The first-order chi connectivity index (χ1) is 22.7. The van der Waals surface area contributed by atoms with E-state index >= 15 is 0 Å². The summed E-state index contributed by atoms with van der Waals surface area (Å²) in [7, 11) is -2.77. The van der Waals surface area contributed by atoms with E-state index in [-0.39, 0.29) is 10.9 Å². The van der Waals surface area contributed by atoms with Gasteiger partial charge in [0.15, 0.2) is 17.6 Å². The summed E-state index contributed by atoms with van der Waals surface area (Å²) < 4.78 is 14.7. The summed E-state index contributed by atoms with van der Waals surface area (Å²) in [4.78, 5) is 33.3. The van der Waals surface area contributed by atoms with Gasteiger partial charge in [-0.05, 0) is 45.6 Å². The minimum Gasteiger partial charge on any atom is -0.456 e. The molecule has 12 nitrogen and oxygen atoms in total. The number of benzene rings is 3. The number of rotatable bonds is 12. The molecule has 3 aromatic heterocycles. The molecule has 6 rings (SSSR count). The third-order valence-corrected chi connectivity index (χ3v) is 13.2. The van der Waals surface area contributed by atoms with E-state index in [2.05, 4.69) is 94.6 Å². The van der Waals surface area contributed by atoms with Crippen molar-refractivity contribution < 1.29 is 18.8 Å². The standard InChI is InChI=1S/C34H38N8O4Si/c1-24(43)45-29(20-13-21-44-47(34(2,3)4,25-14-7-5-8-15-25)26-16-9-6-10-17-26)33(41-23-38-30-31(35)36-22-37-32(30)41)46-42-28-19-12-11-18-27(28)39-40-42/h5-12,14-19,22-23,29,33H,13,20-21H2,1-4H3,(H2,35,36,37)/t29-,33-/m1/s1. The van der Waals surface area contributed by atoms with Crippen molar-refractivity contribution in [2.24, 2.45) is 0 Å². The SMILES string of the molecule is CC(=O)O[C@H](CCCO[Si](c1ccccc1)(c1ccccc1)C(C)(C)C)[C@@H](On1nnc2ccccc21)n1cnc2c(N)ncnc21. The van der Waals surface area contributed by atoms with Crippen molar-refractivity contribution in [3.05, 3.63) is 97.6 Å². The van der Waals surface area contributed by atoms with Crippen LogP contribution >= 0.6 is 0 Å². The van der Waals surface area contributed by atoms with Crippen LogP contribution in [0.1, 0.15) is 46.8 Å². The Morgan fingerprint density at radius 1 is 0.915 bits per heavy atom. The molecule has 0 fully saturated rings. The summed E-state index contributed by atoms with van der Waals surface area (Å²) in [5.41, 5.74) is 8.24. The summed E-state index contributed by atoms with van der Waals surface area (Å²) in [5.74, 6) is -0.236. The molecule has 242 valence electrons. The lowest BCUT2D eigenvalue weighted by Crippen LogP contribution is -2.66. The number of aromatic nitrogens is 7. The molecule has 3 heterocycles. The number of para-hydroxylation sites is 1. The number of ether oxygens (including phenoxy) is 1. The number of hydrogen-bond acceptors (Lipinski definition) is 10. The van der Waals surface area contributed by atoms with Gasteiger partial charge < -0.3 is 19.7 Å². The van der Waals surface area contributed by atoms with Crippen molar-refractivity contribution in [3.8, 4) is 0 Å². The van der Waals surface area contributed by atoms with Crippen molar-refractivity contribution in [3.63, 3.8) is 0 Å². The van der Waals surface area contributed by atoms with E-state index in [1.165, 1.54) is 28.5 Å². The third-order valence-electron chi connectivity index (χ3n) is 8.19. The van der Waals surface area contributed by atoms with Crippen LogP contribution in [0, 0.1) is 0 Å². The molecule has 2 N–H and O–H groups in total. The van der Waals surface area contributed by atoms with Gasteiger partial charge in [-0.25, -0.2) is 15.0 Å². The van der Waals surface area contributed by atoms with Crippen molar-refractivity contribution >= 4 is 52.7 Å². The maximum absolute atomic E-state index is 12.5. The number of nitrogens with zero attached hydrogens (tertiary/aromatic N) is 7. The average Bonchev–Trinajstić information content (AvgIpc) is 3.68. The van der Waals surface area contributed by atoms with E-state index in [4.69, 9.17) is 19.7 Å². The van der Waals surface area contributed by atoms with Gasteiger partial charge in [-0.3, -0.25) is 9.36 Å². The average molecular weight is 651 g/mol. The Morgan fingerprint density at radius 2 is 1.57 bits per heavy atom. The number of nitrogen functional groups attached to an aromatic ring is 1. The van der Waals surface area contributed by atoms with Crippen LogP contribution < -0.4 is 20.9 Å². The monoisotopic (exact) mass is 650 g/mol. The lowest BCUT2D eigenvalue weighted by Gasteiger charge is -2.43. The molecule has 0 saturated heterocycles. The van der Waals surface area contributed by atoms with Gasteiger partial charge in [0.25, 0.3) is 8.32 Å². The Balaban J connectivity index is 1.33. The van der Waals surface area contributed by atoms with Gasteiger partial charge in [0.1, 0.15) is 29.2 Å². The zero-order valence-corrected chi connectivity index (χ0v) is 27.9. The maximum atomic E-state index is 12.5. The van der Waals surface area contributed by atoms with Crippen LogP contribution in [0.25, 0.3) is 22.2 Å². The van der Waals surface area contributed by atoms with E-state index < -0.39 is 26.6 Å². The lowest BCUT2D eigenvalue weighted by molar-refractivity contribution is -0.164. The molecule has 0 amide bonds. The molecular formula is C34H38N8O4Si. The van der Waals surface area contributed by atoms with Crippen LogP contribution in [0.4, 0.5) is 5.82 Å². The first-order valence-electron chi connectivity index (χ1n) is 15.5.